The van der Waals surface area contributed by atoms with E-state index in [4.69, 9.17) is 14.2 Å². The molecule has 8 heteroatoms. The Morgan fingerprint density at radius 1 is 0.500 bits per heavy atom. The molecule has 0 aliphatic heterocycles. The number of ether oxygens (including phenoxy) is 3. The molecule has 0 saturated carbocycles. The Kier molecular flexibility index (Phi) is 33.9. The number of quaternary nitrogens is 1. The lowest BCUT2D eigenvalue weighted by Crippen LogP contribution is -2.91. The van der Waals surface area contributed by atoms with Gasteiger partial charge in [0.25, 0.3) is 0 Å². The highest BCUT2D eigenvalue weighted by Crippen LogP contribution is 2.15. The molecule has 0 aromatic heterocycles. The molecule has 0 amide bonds. The summed E-state index contributed by atoms with van der Waals surface area (Å²) in [6.45, 7) is 11.9. The highest BCUT2D eigenvalue weighted by molar-refractivity contribution is 7.86. The molecule has 0 aliphatic carbocycles. The van der Waals surface area contributed by atoms with Gasteiger partial charge in [-0.3, -0.25) is 0 Å². The van der Waals surface area contributed by atoms with Gasteiger partial charge in [-0.2, -0.15) is 0 Å². The Bertz CT molecular complexity index is 661. The van der Waals surface area contributed by atoms with Gasteiger partial charge in [0.15, 0.2) is 5.37 Å². The summed E-state index contributed by atoms with van der Waals surface area (Å²) >= 11 is 0. The normalized spacial score (nSPS) is 12.8. The summed E-state index contributed by atoms with van der Waals surface area (Å²) < 4.78 is 51.9. The third kappa shape index (κ3) is 34.6. The van der Waals surface area contributed by atoms with E-state index in [9.17, 15) is 13.0 Å². The van der Waals surface area contributed by atoms with Gasteiger partial charge >= 0.3 is 0 Å². The van der Waals surface area contributed by atoms with Crippen molar-refractivity contribution in [1.82, 2.24) is 0 Å². The highest BCUT2D eigenvalue weighted by atomic mass is 32.2. The molecule has 2 N–H and O–H groups in total. The van der Waals surface area contributed by atoms with Crippen molar-refractivity contribution < 1.29 is 32.5 Å². The molecular formula is C36H75NO6S. The third-order valence-corrected chi connectivity index (χ3v) is 9.53. The predicted molar refractivity (Wildman–Crippen MR) is 184 cm³/mol. The van der Waals surface area contributed by atoms with E-state index in [2.05, 4.69) is 20.8 Å². The second-order valence-electron chi connectivity index (χ2n) is 13.3. The molecule has 1 atom stereocenters. The Morgan fingerprint density at radius 2 is 0.864 bits per heavy atom. The van der Waals surface area contributed by atoms with Crippen LogP contribution in [0.15, 0.2) is 0 Å². The Balaban J connectivity index is 3.48. The van der Waals surface area contributed by atoms with Gasteiger partial charge in [-0.05, 0) is 57.3 Å². The van der Waals surface area contributed by atoms with E-state index in [0.717, 1.165) is 77.3 Å². The fourth-order valence-corrected chi connectivity index (χ4v) is 6.26. The SMILES string of the molecule is CCCCOCCCCOCCCCOCCCC([NH2+]CCCCCCCCCCCCCCCCCC(C)C)S(=O)(=O)[O-]. The van der Waals surface area contributed by atoms with Crippen molar-refractivity contribution in [2.75, 3.05) is 46.2 Å². The molecular weight excluding hydrogens is 574 g/mol. The Labute approximate surface area is 274 Å². The summed E-state index contributed by atoms with van der Waals surface area (Å²) in [5, 5.41) is 0.851. The van der Waals surface area contributed by atoms with Gasteiger partial charge < -0.3 is 24.1 Å². The van der Waals surface area contributed by atoms with Crippen molar-refractivity contribution >= 4 is 10.1 Å². The molecule has 0 aromatic rings. The Hall–Kier alpha value is -0.250. The van der Waals surface area contributed by atoms with Gasteiger partial charge in [-0.25, -0.2) is 8.42 Å². The zero-order valence-corrected chi connectivity index (χ0v) is 30.3. The van der Waals surface area contributed by atoms with E-state index in [-0.39, 0.29) is 0 Å². The monoisotopic (exact) mass is 650 g/mol. The van der Waals surface area contributed by atoms with Crippen molar-refractivity contribution in [3.8, 4) is 0 Å². The van der Waals surface area contributed by atoms with Crippen molar-refractivity contribution in [1.29, 1.82) is 0 Å². The zero-order chi connectivity index (χ0) is 32.4. The van der Waals surface area contributed by atoms with E-state index < -0.39 is 15.5 Å². The quantitative estimate of drug-likeness (QED) is 0.0535. The van der Waals surface area contributed by atoms with Crippen LogP contribution in [0, 0.1) is 5.92 Å². The van der Waals surface area contributed by atoms with E-state index in [1.165, 1.54) is 96.3 Å². The molecule has 0 fully saturated rings. The average Bonchev–Trinajstić information content (AvgIpc) is 2.98. The topological polar surface area (TPSA) is 102 Å². The van der Waals surface area contributed by atoms with E-state index in [1.807, 2.05) is 0 Å². The first-order valence-electron chi connectivity index (χ1n) is 18.9. The van der Waals surface area contributed by atoms with Crippen LogP contribution in [0.25, 0.3) is 0 Å². The summed E-state index contributed by atoms with van der Waals surface area (Å²) in [4.78, 5) is 0. The summed E-state index contributed by atoms with van der Waals surface area (Å²) in [6, 6.07) is 0. The molecule has 44 heavy (non-hydrogen) atoms. The Morgan fingerprint density at radius 3 is 1.25 bits per heavy atom. The van der Waals surface area contributed by atoms with Gasteiger partial charge in [-0.1, -0.05) is 117 Å². The van der Waals surface area contributed by atoms with Gasteiger partial charge in [0.2, 0.25) is 0 Å². The zero-order valence-electron chi connectivity index (χ0n) is 29.5. The first-order chi connectivity index (χ1) is 21.4. The van der Waals surface area contributed by atoms with Crippen LogP contribution in [0.2, 0.25) is 0 Å². The van der Waals surface area contributed by atoms with Crippen molar-refractivity contribution in [2.24, 2.45) is 5.92 Å². The van der Waals surface area contributed by atoms with E-state index in [0.29, 0.717) is 32.6 Å². The molecule has 0 spiro atoms. The molecule has 0 aliphatic rings. The van der Waals surface area contributed by atoms with Gasteiger partial charge in [-0.15, -0.1) is 0 Å². The number of unbranched alkanes of at least 4 members (excludes halogenated alkanes) is 17. The third-order valence-electron chi connectivity index (χ3n) is 8.36. The van der Waals surface area contributed by atoms with Crippen molar-refractivity contribution in [2.45, 2.75) is 180 Å². The van der Waals surface area contributed by atoms with Crippen LogP contribution >= 0.6 is 0 Å². The lowest BCUT2D eigenvalue weighted by molar-refractivity contribution is -0.671. The minimum Gasteiger partial charge on any atom is -0.743 e. The van der Waals surface area contributed by atoms with Crippen molar-refractivity contribution in [3.63, 3.8) is 0 Å². The molecule has 1 unspecified atom stereocenters. The molecule has 0 radical (unpaired) electrons. The molecule has 7 nitrogen and oxygen atoms in total. The second-order valence-corrected chi connectivity index (χ2v) is 14.9. The van der Waals surface area contributed by atoms with Crippen LogP contribution < -0.4 is 5.32 Å². The molecule has 0 rings (SSSR count). The number of nitrogens with two attached hydrogens (primary N) is 1. The number of hydrogen-bond donors (Lipinski definition) is 1. The maximum Gasteiger partial charge on any atom is 0.176 e. The molecule has 0 heterocycles. The van der Waals surface area contributed by atoms with Gasteiger partial charge in [0.05, 0.1) is 6.54 Å². The van der Waals surface area contributed by atoms with Crippen LogP contribution in [-0.4, -0.2) is 64.5 Å². The number of rotatable bonds is 37. The maximum atomic E-state index is 11.7. The lowest BCUT2D eigenvalue weighted by atomic mass is 10.0. The fourth-order valence-electron chi connectivity index (χ4n) is 5.43. The van der Waals surface area contributed by atoms with Crippen LogP contribution in [0.4, 0.5) is 0 Å². The minimum absolute atomic E-state index is 0.357. The minimum atomic E-state index is -4.30. The summed E-state index contributed by atoms with van der Waals surface area (Å²) in [5.41, 5.74) is 0. The van der Waals surface area contributed by atoms with Crippen LogP contribution in [0.3, 0.4) is 0 Å². The molecule has 0 bridgehead atoms. The largest absolute Gasteiger partial charge is 0.743 e. The van der Waals surface area contributed by atoms with Crippen LogP contribution in [0.1, 0.15) is 175 Å². The fraction of sp³-hybridized carbons (Fsp3) is 1.00. The van der Waals surface area contributed by atoms with E-state index in [1.54, 1.807) is 5.32 Å². The smallest absolute Gasteiger partial charge is 0.176 e. The summed E-state index contributed by atoms with van der Waals surface area (Å²) in [7, 11) is -4.30. The molecule has 0 aromatic carbocycles. The average molecular weight is 650 g/mol. The first-order valence-corrected chi connectivity index (χ1v) is 20.4. The molecule has 0 saturated heterocycles. The standard InChI is InChI=1S/C36H75NO6S/c1-4-5-29-41-30-21-22-31-42-32-23-24-33-43-34-25-27-36(44(38,39)40)37-28-20-18-16-14-12-10-8-6-7-9-11-13-15-17-19-26-35(2)3/h35-37H,4-34H2,1-3H3,(H,38,39,40). The van der Waals surface area contributed by atoms with Crippen LogP contribution in [-0.2, 0) is 24.3 Å². The maximum absolute atomic E-state index is 11.7. The van der Waals surface area contributed by atoms with Gasteiger partial charge in [0.1, 0.15) is 10.1 Å². The van der Waals surface area contributed by atoms with Crippen molar-refractivity contribution in [3.05, 3.63) is 0 Å². The highest BCUT2D eigenvalue weighted by Gasteiger charge is 2.18. The summed E-state index contributed by atoms with van der Waals surface area (Å²) in [6.07, 6.45) is 28.4. The molecule has 266 valence electrons. The first kappa shape index (κ1) is 43.8. The number of hydrogen-bond acceptors (Lipinski definition) is 6. The van der Waals surface area contributed by atoms with Gasteiger partial charge in [0, 0.05) is 46.1 Å². The predicted octanol–water partition coefficient (Wildman–Crippen LogP) is 8.51. The second kappa shape index (κ2) is 34.1. The van der Waals surface area contributed by atoms with E-state index >= 15 is 0 Å². The lowest BCUT2D eigenvalue weighted by Gasteiger charge is -2.19. The summed E-state index contributed by atoms with van der Waals surface area (Å²) in [5.74, 6) is 0.854. The van der Waals surface area contributed by atoms with Crippen LogP contribution in [0.5, 0.6) is 0 Å².